The van der Waals surface area contributed by atoms with Gasteiger partial charge < -0.3 is 10.2 Å². The number of hydrogen-bond donors (Lipinski definition) is 1. The molecule has 2 aromatic heterocycles. The predicted molar refractivity (Wildman–Crippen MR) is 129 cm³/mol. The highest BCUT2D eigenvalue weighted by atomic mass is 15.3. The summed E-state index contributed by atoms with van der Waals surface area (Å²) in [6.07, 6.45) is 5.01. The first kappa shape index (κ1) is 19.9. The third-order valence-electron chi connectivity index (χ3n) is 7.11. The van der Waals surface area contributed by atoms with Crippen molar-refractivity contribution in [1.82, 2.24) is 25.1 Å². The molecular formula is C26H25N7. The molecule has 2 aromatic carbocycles. The van der Waals surface area contributed by atoms with E-state index in [1.54, 1.807) is 0 Å². The Balaban J connectivity index is 1.44. The summed E-state index contributed by atoms with van der Waals surface area (Å²) in [5.41, 5.74) is 5.63. The SMILES string of the molecule is Cn1ncc2cc(-c3cnc(N4CCC5CNCC5C4)nc3-c3ccc(C#N)cc3)ccc21. The van der Waals surface area contributed by atoms with Crippen molar-refractivity contribution in [1.29, 1.82) is 5.26 Å². The molecule has 7 heteroatoms. The average molecular weight is 436 g/mol. The minimum Gasteiger partial charge on any atom is -0.340 e. The summed E-state index contributed by atoms with van der Waals surface area (Å²) < 4.78 is 1.88. The third kappa shape index (κ3) is 3.53. The predicted octanol–water partition coefficient (Wildman–Crippen LogP) is 3.61. The van der Waals surface area contributed by atoms with Gasteiger partial charge in [0, 0.05) is 42.8 Å². The molecule has 4 heterocycles. The molecule has 1 N–H and O–H groups in total. The molecule has 2 atom stereocenters. The zero-order chi connectivity index (χ0) is 22.4. The van der Waals surface area contributed by atoms with Crippen LogP contribution < -0.4 is 10.2 Å². The summed E-state index contributed by atoms with van der Waals surface area (Å²) in [5.74, 6) is 2.21. The molecule has 0 bridgehead atoms. The molecule has 164 valence electrons. The summed E-state index contributed by atoms with van der Waals surface area (Å²) in [4.78, 5) is 12.2. The fourth-order valence-electron chi connectivity index (χ4n) is 5.21. The summed E-state index contributed by atoms with van der Waals surface area (Å²) in [5, 5.41) is 18.2. The quantitative estimate of drug-likeness (QED) is 0.529. The van der Waals surface area contributed by atoms with Gasteiger partial charge in [-0.3, -0.25) is 4.68 Å². The zero-order valence-electron chi connectivity index (χ0n) is 18.6. The second-order valence-electron chi connectivity index (χ2n) is 9.08. The Morgan fingerprint density at radius 3 is 2.70 bits per heavy atom. The van der Waals surface area contributed by atoms with Crippen LogP contribution in [-0.2, 0) is 7.05 Å². The van der Waals surface area contributed by atoms with E-state index in [1.807, 2.05) is 48.4 Å². The van der Waals surface area contributed by atoms with Gasteiger partial charge in [-0.1, -0.05) is 18.2 Å². The maximum absolute atomic E-state index is 9.23. The van der Waals surface area contributed by atoms with Gasteiger partial charge in [-0.25, -0.2) is 9.97 Å². The number of hydrogen-bond acceptors (Lipinski definition) is 6. The molecule has 2 aliphatic rings. The molecule has 2 aliphatic heterocycles. The van der Waals surface area contributed by atoms with Crippen molar-refractivity contribution in [3.8, 4) is 28.5 Å². The molecule has 4 aromatic rings. The molecule has 2 fully saturated rings. The van der Waals surface area contributed by atoms with Crippen molar-refractivity contribution in [3.63, 3.8) is 0 Å². The van der Waals surface area contributed by atoms with Crippen molar-refractivity contribution < 1.29 is 0 Å². The van der Waals surface area contributed by atoms with Crippen LogP contribution in [0.2, 0.25) is 0 Å². The van der Waals surface area contributed by atoms with E-state index in [0.717, 1.165) is 71.3 Å². The molecule has 33 heavy (non-hydrogen) atoms. The van der Waals surface area contributed by atoms with Gasteiger partial charge >= 0.3 is 0 Å². The van der Waals surface area contributed by atoms with Crippen molar-refractivity contribution in [2.24, 2.45) is 18.9 Å². The molecule has 2 unspecified atom stereocenters. The largest absolute Gasteiger partial charge is 0.340 e. The normalized spacial score (nSPS) is 20.1. The van der Waals surface area contributed by atoms with Crippen LogP contribution in [0.15, 0.2) is 54.9 Å². The first-order valence-corrected chi connectivity index (χ1v) is 11.4. The van der Waals surface area contributed by atoms with Gasteiger partial charge in [0.1, 0.15) is 0 Å². The van der Waals surface area contributed by atoms with Gasteiger partial charge in [0.25, 0.3) is 0 Å². The molecule has 7 nitrogen and oxygen atoms in total. The zero-order valence-corrected chi connectivity index (χ0v) is 18.6. The van der Waals surface area contributed by atoms with E-state index in [2.05, 4.69) is 39.6 Å². The van der Waals surface area contributed by atoms with Crippen molar-refractivity contribution in [2.75, 3.05) is 31.1 Å². The van der Waals surface area contributed by atoms with E-state index in [-0.39, 0.29) is 0 Å². The highest BCUT2D eigenvalue weighted by Gasteiger charge is 2.33. The lowest BCUT2D eigenvalue weighted by atomic mass is 9.89. The Morgan fingerprint density at radius 1 is 1.03 bits per heavy atom. The van der Waals surface area contributed by atoms with Crippen molar-refractivity contribution in [2.45, 2.75) is 6.42 Å². The number of nitrogens with zero attached hydrogens (tertiary/aromatic N) is 6. The lowest BCUT2D eigenvalue weighted by molar-refractivity contribution is 0.346. The molecule has 2 saturated heterocycles. The van der Waals surface area contributed by atoms with Crippen LogP contribution in [0.1, 0.15) is 12.0 Å². The van der Waals surface area contributed by atoms with Crippen LogP contribution in [0.4, 0.5) is 5.95 Å². The van der Waals surface area contributed by atoms with Gasteiger partial charge in [-0.2, -0.15) is 10.4 Å². The van der Waals surface area contributed by atoms with Gasteiger partial charge in [0.05, 0.1) is 29.0 Å². The Labute approximate surface area is 192 Å². The van der Waals surface area contributed by atoms with Gasteiger partial charge in [0.2, 0.25) is 5.95 Å². The average Bonchev–Trinajstić information content (AvgIpc) is 3.49. The molecule has 0 aliphatic carbocycles. The number of fused-ring (bicyclic) bond motifs is 2. The smallest absolute Gasteiger partial charge is 0.225 e. The van der Waals surface area contributed by atoms with E-state index in [4.69, 9.17) is 9.97 Å². The molecule has 6 rings (SSSR count). The maximum Gasteiger partial charge on any atom is 0.225 e. The Bertz CT molecular complexity index is 1370. The summed E-state index contributed by atoms with van der Waals surface area (Å²) in [6, 6.07) is 16.2. The number of piperidine rings is 1. The van der Waals surface area contributed by atoms with E-state index < -0.39 is 0 Å². The van der Waals surface area contributed by atoms with Crippen LogP contribution in [0.25, 0.3) is 33.3 Å². The van der Waals surface area contributed by atoms with Crippen molar-refractivity contribution >= 4 is 16.9 Å². The van der Waals surface area contributed by atoms with E-state index in [9.17, 15) is 5.26 Å². The van der Waals surface area contributed by atoms with Crippen LogP contribution in [0.5, 0.6) is 0 Å². The van der Waals surface area contributed by atoms with Gasteiger partial charge in [0.15, 0.2) is 0 Å². The number of nitrogens with one attached hydrogen (secondary N) is 1. The lowest BCUT2D eigenvalue weighted by Crippen LogP contribution is -2.40. The molecule has 0 saturated carbocycles. The first-order valence-electron chi connectivity index (χ1n) is 11.4. The van der Waals surface area contributed by atoms with Crippen LogP contribution in [0.3, 0.4) is 0 Å². The number of benzene rings is 2. The number of nitriles is 1. The highest BCUT2D eigenvalue weighted by molar-refractivity contribution is 5.88. The molecule has 0 spiro atoms. The van der Waals surface area contributed by atoms with Gasteiger partial charge in [-0.15, -0.1) is 0 Å². The number of aromatic nitrogens is 4. The summed E-state index contributed by atoms with van der Waals surface area (Å²) in [6.45, 7) is 4.18. The minimum atomic E-state index is 0.641. The summed E-state index contributed by atoms with van der Waals surface area (Å²) in [7, 11) is 1.95. The molecular weight excluding hydrogens is 410 g/mol. The van der Waals surface area contributed by atoms with Crippen LogP contribution in [-0.4, -0.2) is 45.9 Å². The number of aryl methyl sites for hydroxylation is 1. The maximum atomic E-state index is 9.23. The first-order chi connectivity index (χ1) is 16.2. The fraction of sp³-hybridized carbons (Fsp3) is 0.308. The van der Waals surface area contributed by atoms with E-state index in [0.29, 0.717) is 11.5 Å². The van der Waals surface area contributed by atoms with Gasteiger partial charge in [-0.05, 0) is 61.2 Å². The van der Waals surface area contributed by atoms with Crippen LogP contribution >= 0.6 is 0 Å². The monoisotopic (exact) mass is 435 g/mol. The van der Waals surface area contributed by atoms with Crippen LogP contribution in [0, 0.1) is 23.2 Å². The molecule has 0 amide bonds. The topological polar surface area (TPSA) is 82.7 Å². The lowest BCUT2D eigenvalue weighted by Gasteiger charge is -2.34. The Morgan fingerprint density at radius 2 is 1.85 bits per heavy atom. The van der Waals surface area contributed by atoms with E-state index >= 15 is 0 Å². The third-order valence-corrected chi connectivity index (χ3v) is 7.11. The summed E-state index contributed by atoms with van der Waals surface area (Å²) >= 11 is 0. The number of anilines is 1. The number of rotatable bonds is 3. The van der Waals surface area contributed by atoms with E-state index in [1.165, 1.54) is 6.42 Å². The second kappa shape index (κ2) is 7.98. The molecule has 0 radical (unpaired) electrons. The standard InChI is InChI=1S/C26H25N7/c1-32-24-7-6-19(10-21(24)14-30-32)23-15-29-26(33-9-8-20-12-28-13-22(20)16-33)31-25(23)18-4-2-17(11-27)3-5-18/h2-7,10,14-15,20,22,28H,8-9,12-13,16H2,1H3. The Kier molecular flexibility index (Phi) is 4.81. The highest BCUT2D eigenvalue weighted by Crippen LogP contribution is 2.35. The fourth-order valence-corrected chi connectivity index (χ4v) is 5.21. The second-order valence-corrected chi connectivity index (χ2v) is 9.08. The Hall–Kier alpha value is -3.76. The van der Waals surface area contributed by atoms with Crippen molar-refractivity contribution in [3.05, 3.63) is 60.4 Å². The minimum absolute atomic E-state index is 0.641.